The molecule has 1 aliphatic carbocycles. The first-order valence-corrected chi connectivity index (χ1v) is 13.3. The van der Waals surface area contributed by atoms with Crippen molar-refractivity contribution < 1.29 is 13.0 Å². The first-order valence-electron chi connectivity index (χ1n) is 10.3. The predicted octanol–water partition coefficient (Wildman–Crippen LogP) is 5.27. The van der Waals surface area contributed by atoms with Crippen LogP contribution < -0.4 is 4.72 Å². The molecule has 0 spiro atoms. The topological polar surface area (TPSA) is 74.2 Å². The van der Waals surface area contributed by atoms with Crippen LogP contribution in [0.2, 0.25) is 5.02 Å². The van der Waals surface area contributed by atoms with Crippen molar-refractivity contribution in [3.8, 4) is 0 Å². The van der Waals surface area contributed by atoms with Gasteiger partial charge in [-0.05, 0) is 71.2 Å². The maximum absolute atomic E-state index is 13.7. The van der Waals surface area contributed by atoms with E-state index in [1.807, 2.05) is 33.8 Å². The lowest BCUT2D eigenvalue weighted by Crippen LogP contribution is -2.42. The molecular formula is C23H27ClN2O3S2. The maximum atomic E-state index is 13.7. The highest BCUT2D eigenvalue weighted by atomic mass is 35.5. The molecule has 8 heteroatoms. The van der Waals surface area contributed by atoms with Crippen LogP contribution in [0.15, 0.2) is 47.4 Å². The molecule has 0 fully saturated rings. The fourth-order valence-corrected chi connectivity index (χ4v) is 6.66. The predicted molar refractivity (Wildman–Crippen MR) is 127 cm³/mol. The molecule has 2 aromatic carbocycles. The smallest absolute Gasteiger partial charge is 0.268 e. The van der Waals surface area contributed by atoms with E-state index in [1.54, 1.807) is 36.4 Å². The number of aromatic nitrogens is 1. The highest BCUT2D eigenvalue weighted by Crippen LogP contribution is 2.41. The van der Waals surface area contributed by atoms with Crippen molar-refractivity contribution in [2.75, 3.05) is 0 Å². The van der Waals surface area contributed by atoms with Crippen molar-refractivity contribution in [1.82, 2.24) is 8.69 Å². The molecule has 0 saturated heterocycles. The summed E-state index contributed by atoms with van der Waals surface area (Å²) >= 11 is 5.00. The fraction of sp³-hybridized carbons (Fsp3) is 0.391. The summed E-state index contributed by atoms with van der Waals surface area (Å²) in [5.74, 6) is 0. The van der Waals surface area contributed by atoms with Crippen molar-refractivity contribution in [1.29, 1.82) is 0 Å². The van der Waals surface area contributed by atoms with Crippen LogP contribution in [-0.4, -0.2) is 21.7 Å². The van der Waals surface area contributed by atoms with Gasteiger partial charge in [0.25, 0.3) is 10.0 Å². The second-order valence-electron chi connectivity index (χ2n) is 9.05. The second-order valence-corrected chi connectivity index (χ2v) is 13.3. The summed E-state index contributed by atoms with van der Waals surface area (Å²) < 4.78 is 44.6. The zero-order valence-corrected chi connectivity index (χ0v) is 20.5. The van der Waals surface area contributed by atoms with E-state index in [-0.39, 0.29) is 10.9 Å². The number of halogens is 1. The van der Waals surface area contributed by atoms with E-state index >= 15 is 0 Å². The largest absolute Gasteiger partial charge is 0.598 e. The first-order chi connectivity index (χ1) is 14.5. The number of benzene rings is 2. The lowest BCUT2D eigenvalue weighted by molar-refractivity contribution is 0.488. The van der Waals surface area contributed by atoms with E-state index in [9.17, 15) is 13.0 Å². The summed E-state index contributed by atoms with van der Waals surface area (Å²) in [6.45, 7) is 7.69. The number of nitrogens with zero attached hydrogens (tertiary/aromatic N) is 1. The number of nitrogens with one attached hydrogen (secondary N) is 1. The molecule has 1 aliphatic rings. The first kappa shape index (κ1) is 22.7. The van der Waals surface area contributed by atoms with Gasteiger partial charge in [0.1, 0.15) is 4.75 Å². The van der Waals surface area contributed by atoms with Gasteiger partial charge < -0.3 is 4.55 Å². The van der Waals surface area contributed by atoms with E-state index in [4.69, 9.17) is 11.6 Å². The SMILES string of the molecule is Cc1ccc(S(=O)(=O)n2c3c(c4ccc(Cl)cc42)[C@H](N[S+]([O-])C(C)(C)C)CCC3)cc1. The summed E-state index contributed by atoms with van der Waals surface area (Å²) in [6.07, 6.45) is 2.23. The molecule has 5 nitrogen and oxygen atoms in total. The molecule has 31 heavy (non-hydrogen) atoms. The third kappa shape index (κ3) is 4.14. The van der Waals surface area contributed by atoms with E-state index < -0.39 is 26.1 Å². The summed E-state index contributed by atoms with van der Waals surface area (Å²) in [6, 6.07) is 12.0. The van der Waals surface area contributed by atoms with Gasteiger partial charge in [-0.3, -0.25) is 0 Å². The van der Waals surface area contributed by atoms with Crippen molar-refractivity contribution in [3.05, 3.63) is 64.3 Å². The number of hydrogen-bond acceptors (Lipinski definition) is 4. The molecule has 0 radical (unpaired) electrons. The van der Waals surface area contributed by atoms with Crippen molar-refractivity contribution in [2.45, 2.75) is 62.6 Å². The second kappa shape index (κ2) is 8.12. The molecule has 0 aliphatic heterocycles. The van der Waals surface area contributed by atoms with Crippen LogP contribution in [-0.2, 0) is 27.8 Å². The van der Waals surface area contributed by atoms with Crippen LogP contribution in [0.25, 0.3) is 10.9 Å². The molecule has 166 valence electrons. The molecule has 0 saturated carbocycles. The number of hydrogen-bond donors (Lipinski definition) is 1. The molecule has 1 unspecified atom stereocenters. The Bertz CT molecular complexity index is 1230. The summed E-state index contributed by atoms with van der Waals surface area (Å²) in [4.78, 5) is 0.242. The Morgan fingerprint density at radius 3 is 2.48 bits per heavy atom. The Labute approximate surface area is 192 Å². The normalized spacial score (nSPS) is 18.2. The average Bonchev–Trinajstić information content (AvgIpc) is 3.02. The van der Waals surface area contributed by atoms with Gasteiger partial charge in [-0.25, -0.2) is 12.4 Å². The van der Waals surface area contributed by atoms with Crippen molar-refractivity contribution >= 4 is 43.9 Å². The van der Waals surface area contributed by atoms with Gasteiger partial charge in [-0.1, -0.05) is 35.4 Å². The van der Waals surface area contributed by atoms with Crippen LogP contribution in [0.3, 0.4) is 0 Å². The summed E-state index contributed by atoms with van der Waals surface area (Å²) in [5.41, 5.74) is 3.21. The highest BCUT2D eigenvalue weighted by Gasteiger charge is 2.36. The number of aryl methyl sites for hydroxylation is 1. The number of rotatable bonds is 4. The quantitative estimate of drug-likeness (QED) is 0.518. The number of fused-ring (bicyclic) bond motifs is 3. The van der Waals surface area contributed by atoms with Gasteiger partial charge in [0, 0.05) is 33.0 Å². The minimum atomic E-state index is -3.82. The monoisotopic (exact) mass is 478 g/mol. The zero-order valence-electron chi connectivity index (χ0n) is 18.1. The average molecular weight is 479 g/mol. The molecule has 2 atom stereocenters. The van der Waals surface area contributed by atoms with E-state index in [0.29, 0.717) is 17.0 Å². The van der Waals surface area contributed by atoms with Crippen LogP contribution >= 0.6 is 11.6 Å². The molecule has 1 N–H and O–H groups in total. The van der Waals surface area contributed by atoms with Gasteiger partial charge in [-0.15, -0.1) is 4.72 Å². The Balaban J connectivity index is 1.94. The van der Waals surface area contributed by atoms with Crippen LogP contribution in [0.4, 0.5) is 0 Å². The van der Waals surface area contributed by atoms with Gasteiger partial charge >= 0.3 is 0 Å². The molecular weight excluding hydrogens is 452 g/mol. The highest BCUT2D eigenvalue weighted by molar-refractivity contribution is 7.91. The molecule has 4 rings (SSSR count). The van der Waals surface area contributed by atoms with Gasteiger partial charge in [0.05, 0.1) is 16.5 Å². The van der Waals surface area contributed by atoms with Gasteiger partial charge in [0.2, 0.25) is 0 Å². The molecule has 0 amide bonds. The molecule has 3 aromatic rings. The Morgan fingerprint density at radius 1 is 1.16 bits per heavy atom. The molecule has 0 bridgehead atoms. The Morgan fingerprint density at radius 2 is 1.84 bits per heavy atom. The summed E-state index contributed by atoms with van der Waals surface area (Å²) in [5, 5.41) is 1.31. The maximum Gasteiger partial charge on any atom is 0.268 e. The van der Waals surface area contributed by atoms with E-state index in [2.05, 4.69) is 4.72 Å². The van der Waals surface area contributed by atoms with Gasteiger partial charge in [0.15, 0.2) is 0 Å². The van der Waals surface area contributed by atoms with E-state index in [1.165, 1.54) is 3.97 Å². The summed E-state index contributed by atoms with van der Waals surface area (Å²) in [7, 11) is -3.82. The fourth-order valence-electron chi connectivity index (χ4n) is 4.07. The van der Waals surface area contributed by atoms with E-state index in [0.717, 1.165) is 35.0 Å². The minimum absolute atomic E-state index is 0.193. The van der Waals surface area contributed by atoms with Crippen LogP contribution in [0, 0.1) is 6.92 Å². The standard InChI is InChI=1S/C23H27ClN2O3S2/c1-15-8-11-17(12-9-15)31(28,29)26-20-7-5-6-19(25-30(27)23(2,3)4)22(20)18-13-10-16(24)14-21(18)26/h8-14,19,25H,5-7H2,1-4H3/t19-,30?/m1/s1. The lowest BCUT2D eigenvalue weighted by atomic mass is 9.91. The van der Waals surface area contributed by atoms with Gasteiger partial charge in [-0.2, -0.15) is 0 Å². The molecule has 1 aromatic heterocycles. The zero-order chi connectivity index (χ0) is 22.6. The molecule has 1 heterocycles. The Hall–Kier alpha value is -1.51. The lowest BCUT2D eigenvalue weighted by Gasteiger charge is -2.30. The van der Waals surface area contributed by atoms with Crippen LogP contribution in [0.5, 0.6) is 0 Å². The minimum Gasteiger partial charge on any atom is -0.598 e. The van der Waals surface area contributed by atoms with Crippen LogP contribution in [0.1, 0.15) is 56.5 Å². The third-order valence-corrected chi connectivity index (χ3v) is 9.26. The Kier molecular flexibility index (Phi) is 5.94. The third-order valence-electron chi connectivity index (χ3n) is 5.64. The van der Waals surface area contributed by atoms with Crippen molar-refractivity contribution in [2.24, 2.45) is 0 Å². The van der Waals surface area contributed by atoms with Crippen molar-refractivity contribution in [3.63, 3.8) is 0 Å².